The summed E-state index contributed by atoms with van der Waals surface area (Å²) < 4.78 is 5.62. The van der Waals surface area contributed by atoms with E-state index < -0.39 is 5.97 Å². The molecule has 0 bridgehead atoms. The number of benzene rings is 2. The van der Waals surface area contributed by atoms with Crippen LogP contribution < -0.4 is 4.74 Å². The molecule has 0 aromatic heterocycles. The Hall–Kier alpha value is -2.29. The smallest absolute Gasteiger partial charge is 0.331 e. The lowest BCUT2D eigenvalue weighted by molar-refractivity contribution is -0.132. The summed E-state index contributed by atoms with van der Waals surface area (Å²) >= 11 is 0. The molecule has 3 nitrogen and oxygen atoms in total. The summed E-state index contributed by atoms with van der Waals surface area (Å²) in [7, 11) is 0. The SMILES string of the molecule is C=C(CCOc1cccc2ccccc12)C(=O)O. The Morgan fingerprint density at radius 2 is 1.89 bits per heavy atom. The zero-order chi connectivity index (χ0) is 13.0. The highest BCUT2D eigenvalue weighted by Gasteiger charge is 2.05. The van der Waals surface area contributed by atoms with Crippen molar-refractivity contribution in [3.63, 3.8) is 0 Å². The first-order chi connectivity index (χ1) is 8.68. The van der Waals surface area contributed by atoms with E-state index in [4.69, 9.17) is 9.84 Å². The van der Waals surface area contributed by atoms with E-state index in [9.17, 15) is 4.79 Å². The number of carboxylic acids is 1. The molecule has 2 aromatic rings. The van der Waals surface area contributed by atoms with Crippen molar-refractivity contribution in [2.75, 3.05) is 6.61 Å². The van der Waals surface area contributed by atoms with E-state index in [2.05, 4.69) is 6.58 Å². The second-order valence-electron chi connectivity index (χ2n) is 3.98. The van der Waals surface area contributed by atoms with Gasteiger partial charge in [0.25, 0.3) is 0 Å². The second-order valence-corrected chi connectivity index (χ2v) is 3.98. The fraction of sp³-hybridized carbons (Fsp3) is 0.133. The van der Waals surface area contributed by atoms with Gasteiger partial charge in [-0.1, -0.05) is 43.0 Å². The van der Waals surface area contributed by atoms with Crippen LogP contribution >= 0.6 is 0 Å². The van der Waals surface area contributed by atoms with Crippen LogP contribution in [0.4, 0.5) is 0 Å². The molecule has 0 aliphatic heterocycles. The van der Waals surface area contributed by atoms with Crippen LogP contribution in [0.2, 0.25) is 0 Å². The van der Waals surface area contributed by atoms with Crippen LogP contribution in [0.5, 0.6) is 5.75 Å². The Morgan fingerprint density at radius 1 is 1.17 bits per heavy atom. The van der Waals surface area contributed by atoms with Crippen LogP contribution in [0.25, 0.3) is 10.8 Å². The molecule has 3 heteroatoms. The van der Waals surface area contributed by atoms with Crippen molar-refractivity contribution in [1.82, 2.24) is 0 Å². The Morgan fingerprint density at radius 3 is 2.67 bits per heavy atom. The number of fused-ring (bicyclic) bond motifs is 1. The molecule has 0 unspecified atom stereocenters. The molecule has 0 atom stereocenters. The highest BCUT2D eigenvalue weighted by molar-refractivity contribution is 5.88. The van der Waals surface area contributed by atoms with Gasteiger partial charge in [-0.25, -0.2) is 4.79 Å². The van der Waals surface area contributed by atoms with Crippen molar-refractivity contribution in [2.24, 2.45) is 0 Å². The number of aliphatic carboxylic acids is 1. The number of rotatable bonds is 5. The molecule has 1 N–H and O–H groups in total. The maximum absolute atomic E-state index is 10.6. The van der Waals surface area contributed by atoms with Gasteiger partial charge in [0.05, 0.1) is 6.61 Å². The second kappa shape index (κ2) is 5.36. The normalized spacial score (nSPS) is 10.2. The third kappa shape index (κ3) is 2.69. The molecule has 0 saturated carbocycles. The summed E-state index contributed by atoms with van der Waals surface area (Å²) in [5, 5.41) is 10.8. The van der Waals surface area contributed by atoms with Crippen molar-refractivity contribution in [2.45, 2.75) is 6.42 Å². The molecule has 0 amide bonds. The minimum absolute atomic E-state index is 0.162. The summed E-state index contributed by atoms with van der Waals surface area (Å²) in [5.74, 6) is -0.206. The summed E-state index contributed by atoms with van der Waals surface area (Å²) in [6.07, 6.45) is 0.318. The molecule has 92 valence electrons. The number of ether oxygens (including phenoxy) is 1. The van der Waals surface area contributed by atoms with Gasteiger partial charge in [0.2, 0.25) is 0 Å². The fourth-order valence-electron chi connectivity index (χ4n) is 1.71. The average molecular weight is 242 g/mol. The van der Waals surface area contributed by atoms with Gasteiger partial charge < -0.3 is 9.84 Å². The minimum Gasteiger partial charge on any atom is -0.493 e. The summed E-state index contributed by atoms with van der Waals surface area (Å²) in [6.45, 7) is 3.79. The molecule has 0 radical (unpaired) electrons. The van der Waals surface area contributed by atoms with Crippen molar-refractivity contribution in [1.29, 1.82) is 0 Å². The van der Waals surface area contributed by atoms with Crippen molar-refractivity contribution in [3.05, 3.63) is 54.6 Å². The van der Waals surface area contributed by atoms with Crippen LogP contribution in [0.3, 0.4) is 0 Å². The highest BCUT2D eigenvalue weighted by Crippen LogP contribution is 2.25. The quantitative estimate of drug-likeness (QED) is 0.819. The van der Waals surface area contributed by atoms with Crippen LogP contribution in [0.15, 0.2) is 54.6 Å². The maximum Gasteiger partial charge on any atom is 0.331 e. The van der Waals surface area contributed by atoms with E-state index >= 15 is 0 Å². The number of hydrogen-bond donors (Lipinski definition) is 1. The molecule has 2 rings (SSSR count). The summed E-state index contributed by atoms with van der Waals surface area (Å²) in [6, 6.07) is 13.7. The summed E-state index contributed by atoms with van der Waals surface area (Å²) in [4.78, 5) is 10.6. The Kier molecular flexibility index (Phi) is 3.63. The van der Waals surface area contributed by atoms with Crippen molar-refractivity contribution in [3.8, 4) is 5.75 Å². The molecule has 0 aliphatic rings. The van der Waals surface area contributed by atoms with Crippen molar-refractivity contribution >= 4 is 16.7 Å². The third-order valence-electron chi connectivity index (χ3n) is 2.71. The van der Waals surface area contributed by atoms with Crippen LogP contribution in [-0.4, -0.2) is 17.7 Å². The lowest BCUT2D eigenvalue weighted by atomic mass is 10.1. The molecule has 0 fully saturated rings. The van der Waals surface area contributed by atoms with Crippen LogP contribution in [0, 0.1) is 0 Å². The number of carbonyl (C=O) groups is 1. The van der Waals surface area contributed by atoms with Gasteiger partial charge in [-0.2, -0.15) is 0 Å². The zero-order valence-electron chi connectivity index (χ0n) is 9.93. The van der Waals surface area contributed by atoms with Gasteiger partial charge in [0.15, 0.2) is 0 Å². The first-order valence-electron chi connectivity index (χ1n) is 5.70. The molecule has 0 heterocycles. The van der Waals surface area contributed by atoms with Crippen LogP contribution in [0.1, 0.15) is 6.42 Å². The van der Waals surface area contributed by atoms with E-state index in [1.165, 1.54) is 0 Å². The fourth-order valence-corrected chi connectivity index (χ4v) is 1.71. The van der Waals surface area contributed by atoms with E-state index in [1.807, 2.05) is 42.5 Å². The predicted octanol–water partition coefficient (Wildman–Crippen LogP) is 3.25. The van der Waals surface area contributed by atoms with E-state index in [-0.39, 0.29) is 5.57 Å². The standard InChI is InChI=1S/C15H14O3/c1-11(15(16)17)9-10-18-14-8-4-6-12-5-2-3-7-13(12)14/h2-8H,1,9-10H2,(H,16,17). The van der Waals surface area contributed by atoms with Gasteiger partial charge in [-0.3, -0.25) is 0 Å². The lowest BCUT2D eigenvalue weighted by Crippen LogP contribution is -2.05. The third-order valence-corrected chi connectivity index (χ3v) is 2.71. The van der Waals surface area contributed by atoms with Gasteiger partial charge in [0.1, 0.15) is 5.75 Å². The zero-order valence-corrected chi connectivity index (χ0v) is 9.93. The van der Waals surface area contributed by atoms with Crippen molar-refractivity contribution < 1.29 is 14.6 Å². The largest absolute Gasteiger partial charge is 0.493 e. The topological polar surface area (TPSA) is 46.5 Å². The Balaban J connectivity index is 2.08. The van der Waals surface area contributed by atoms with E-state index in [0.717, 1.165) is 16.5 Å². The number of carboxylic acid groups (broad SMARTS) is 1. The van der Waals surface area contributed by atoms with Gasteiger partial charge >= 0.3 is 5.97 Å². The lowest BCUT2D eigenvalue weighted by Gasteiger charge is -2.09. The van der Waals surface area contributed by atoms with Gasteiger partial charge in [0, 0.05) is 17.4 Å². The predicted molar refractivity (Wildman–Crippen MR) is 70.8 cm³/mol. The first-order valence-corrected chi connectivity index (χ1v) is 5.70. The highest BCUT2D eigenvalue weighted by atomic mass is 16.5. The number of hydrogen-bond acceptors (Lipinski definition) is 2. The Labute approximate surface area is 105 Å². The molecule has 0 saturated heterocycles. The molecule has 18 heavy (non-hydrogen) atoms. The molecule has 2 aromatic carbocycles. The van der Waals surface area contributed by atoms with E-state index in [1.54, 1.807) is 0 Å². The minimum atomic E-state index is -0.975. The van der Waals surface area contributed by atoms with Crippen LogP contribution in [-0.2, 0) is 4.79 Å². The maximum atomic E-state index is 10.6. The Bertz CT molecular complexity index is 582. The molecular formula is C15H14O3. The first kappa shape index (κ1) is 12.2. The molecule has 0 aliphatic carbocycles. The van der Waals surface area contributed by atoms with Gasteiger partial charge in [-0.05, 0) is 11.5 Å². The van der Waals surface area contributed by atoms with Gasteiger partial charge in [-0.15, -0.1) is 0 Å². The summed E-state index contributed by atoms with van der Waals surface area (Å²) in [5.41, 5.74) is 0.162. The molecule has 0 spiro atoms. The molecular weight excluding hydrogens is 228 g/mol. The average Bonchev–Trinajstić information content (AvgIpc) is 2.38. The monoisotopic (exact) mass is 242 g/mol. The van der Waals surface area contributed by atoms with E-state index in [0.29, 0.717) is 13.0 Å².